The fourth-order valence-electron chi connectivity index (χ4n) is 1.31. The summed E-state index contributed by atoms with van der Waals surface area (Å²) in [6.07, 6.45) is -4.51. The van der Waals surface area contributed by atoms with Crippen LogP contribution in [0.5, 0.6) is 0 Å². The summed E-state index contributed by atoms with van der Waals surface area (Å²) < 4.78 is 42.3. The van der Waals surface area contributed by atoms with Gasteiger partial charge in [-0.1, -0.05) is 0 Å². The van der Waals surface area contributed by atoms with Crippen molar-refractivity contribution in [3.05, 3.63) is 34.9 Å². The van der Waals surface area contributed by atoms with Gasteiger partial charge >= 0.3 is 12.1 Å². The zero-order chi connectivity index (χ0) is 13.1. The Kier molecular flexibility index (Phi) is 4.11. The van der Waals surface area contributed by atoms with Crippen LogP contribution >= 0.6 is 0 Å². The molecule has 1 aromatic carbocycles. The van der Waals surface area contributed by atoms with Crippen molar-refractivity contribution in [3.63, 3.8) is 0 Å². The molecule has 6 heteroatoms. The lowest BCUT2D eigenvalue weighted by atomic mass is 10.1. The number of ether oxygens (including phenoxy) is 1. The number of alkyl halides is 3. The van der Waals surface area contributed by atoms with E-state index in [4.69, 9.17) is 5.73 Å². The minimum absolute atomic E-state index is 0.0731. The van der Waals surface area contributed by atoms with Gasteiger partial charge in [-0.3, -0.25) is 0 Å². The Morgan fingerprint density at radius 3 is 2.47 bits per heavy atom. The number of esters is 1. The summed E-state index contributed by atoms with van der Waals surface area (Å²) in [4.78, 5) is 11.4. The number of carbonyl (C=O) groups excluding carboxylic acids is 1. The lowest BCUT2D eigenvalue weighted by molar-refractivity contribution is -0.137. The summed E-state index contributed by atoms with van der Waals surface area (Å²) in [6.45, 7) is 1.61. The Labute approximate surface area is 96.4 Å². The number of hydrogen-bond acceptors (Lipinski definition) is 3. The molecule has 0 amide bonds. The summed E-state index contributed by atoms with van der Waals surface area (Å²) in [7, 11) is 0. The van der Waals surface area contributed by atoms with Crippen molar-refractivity contribution >= 4 is 5.97 Å². The third-order valence-electron chi connectivity index (χ3n) is 2.07. The Morgan fingerprint density at radius 1 is 1.35 bits per heavy atom. The van der Waals surface area contributed by atoms with Crippen LogP contribution in [-0.4, -0.2) is 12.6 Å². The minimum Gasteiger partial charge on any atom is -0.462 e. The van der Waals surface area contributed by atoms with Crippen LogP contribution < -0.4 is 5.73 Å². The highest BCUT2D eigenvalue weighted by Crippen LogP contribution is 2.30. The van der Waals surface area contributed by atoms with Crippen molar-refractivity contribution in [1.82, 2.24) is 0 Å². The first-order valence-electron chi connectivity index (χ1n) is 4.96. The minimum atomic E-state index is -4.51. The molecule has 1 aromatic rings. The maximum absolute atomic E-state index is 12.5. The zero-order valence-corrected chi connectivity index (χ0v) is 9.17. The molecule has 0 unspecified atom stereocenters. The number of hydrogen-bond donors (Lipinski definition) is 1. The maximum Gasteiger partial charge on any atom is 0.416 e. The molecule has 1 rings (SSSR count). The Bertz CT molecular complexity index is 416. The van der Waals surface area contributed by atoms with Crippen molar-refractivity contribution in [2.45, 2.75) is 19.6 Å². The first kappa shape index (κ1) is 13.5. The molecule has 0 atom stereocenters. The predicted octanol–water partition coefficient (Wildman–Crippen LogP) is 2.34. The van der Waals surface area contributed by atoms with E-state index in [1.54, 1.807) is 6.92 Å². The Balaban J connectivity index is 3.19. The van der Waals surface area contributed by atoms with Crippen LogP contribution in [0.1, 0.15) is 28.4 Å². The quantitative estimate of drug-likeness (QED) is 0.834. The molecule has 0 saturated heterocycles. The van der Waals surface area contributed by atoms with Crippen LogP contribution in [0.2, 0.25) is 0 Å². The SMILES string of the molecule is CCOC(=O)c1cc(CN)cc(C(F)(F)F)c1. The van der Waals surface area contributed by atoms with E-state index < -0.39 is 17.7 Å². The highest BCUT2D eigenvalue weighted by molar-refractivity contribution is 5.89. The van der Waals surface area contributed by atoms with Crippen molar-refractivity contribution < 1.29 is 22.7 Å². The van der Waals surface area contributed by atoms with Gasteiger partial charge in [0.15, 0.2) is 0 Å². The van der Waals surface area contributed by atoms with E-state index in [1.807, 2.05) is 0 Å². The molecular weight excluding hydrogens is 235 g/mol. The number of nitrogens with two attached hydrogens (primary N) is 1. The maximum atomic E-state index is 12.5. The monoisotopic (exact) mass is 247 g/mol. The lowest BCUT2D eigenvalue weighted by Gasteiger charge is -2.10. The number of carbonyl (C=O) groups is 1. The highest BCUT2D eigenvalue weighted by Gasteiger charge is 2.31. The van der Waals surface area contributed by atoms with Crippen molar-refractivity contribution in [2.75, 3.05) is 6.61 Å². The third kappa shape index (κ3) is 3.45. The molecule has 0 saturated carbocycles. The van der Waals surface area contributed by atoms with Crippen molar-refractivity contribution in [3.8, 4) is 0 Å². The van der Waals surface area contributed by atoms with E-state index in [0.29, 0.717) is 0 Å². The lowest BCUT2D eigenvalue weighted by Crippen LogP contribution is -2.12. The second-order valence-corrected chi connectivity index (χ2v) is 3.34. The van der Waals surface area contributed by atoms with Crippen LogP contribution in [0.15, 0.2) is 18.2 Å². The van der Waals surface area contributed by atoms with Gasteiger partial charge in [0.1, 0.15) is 0 Å². The summed E-state index contributed by atoms with van der Waals surface area (Å²) >= 11 is 0. The Hall–Kier alpha value is -1.56. The topological polar surface area (TPSA) is 52.3 Å². The molecule has 17 heavy (non-hydrogen) atoms. The fraction of sp³-hybridized carbons (Fsp3) is 0.364. The van der Waals surface area contributed by atoms with Crippen LogP contribution in [0.3, 0.4) is 0 Å². The third-order valence-corrected chi connectivity index (χ3v) is 2.07. The van der Waals surface area contributed by atoms with Crippen molar-refractivity contribution in [1.29, 1.82) is 0 Å². The largest absolute Gasteiger partial charge is 0.462 e. The first-order chi connectivity index (χ1) is 7.88. The van der Waals surface area contributed by atoms with Gasteiger partial charge in [0.2, 0.25) is 0 Å². The molecule has 0 aliphatic rings. The molecule has 3 nitrogen and oxygen atoms in total. The normalized spacial score (nSPS) is 11.4. The molecule has 0 bridgehead atoms. The number of benzene rings is 1. The standard InChI is InChI=1S/C11H12F3NO2/c1-2-17-10(16)8-3-7(6-15)4-9(5-8)11(12,13)14/h3-5H,2,6,15H2,1H3. The predicted molar refractivity (Wildman–Crippen MR) is 55.3 cm³/mol. The van der Waals surface area contributed by atoms with Crippen molar-refractivity contribution in [2.24, 2.45) is 5.73 Å². The van der Waals surface area contributed by atoms with Gasteiger partial charge in [-0.25, -0.2) is 4.79 Å². The fourth-order valence-corrected chi connectivity index (χ4v) is 1.31. The van der Waals surface area contributed by atoms with Crippen LogP contribution in [0.4, 0.5) is 13.2 Å². The molecule has 0 radical (unpaired) electrons. The molecule has 2 N–H and O–H groups in total. The molecular formula is C11H12F3NO2. The molecule has 0 aliphatic heterocycles. The number of halogens is 3. The van der Waals surface area contributed by atoms with Crippen LogP contribution in [0, 0.1) is 0 Å². The van der Waals surface area contributed by atoms with Gasteiger partial charge in [0.05, 0.1) is 17.7 Å². The van der Waals surface area contributed by atoms with Crippen LogP contribution in [-0.2, 0) is 17.5 Å². The van der Waals surface area contributed by atoms with Gasteiger partial charge in [0, 0.05) is 6.54 Å². The van der Waals surface area contributed by atoms with E-state index in [-0.39, 0.29) is 24.3 Å². The van der Waals surface area contributed by atoms with Gasteiger partial charge in [-0.15, -0.1) is 0 Å². The summed E-state index contributed by atoms with van der Waals surface area (Å²) in [5.74, 6) is -0.784. The molecule has 0 fully saturated rings. The summed E-state index contributed by atoms with van der Waals surface area (Å²) in [5.41, 5.74) is 4.49. The molecule has 94 valence electrons. The Morgan fingerprint density at radius 2 is 2.00 bits per heavy atom. The smallest absolute Gasteiger partial charge is 0.416 e. The molecule has 0 heterocycles. The first-order valence-corrected chi connectivity index (χ1v) is 4.96. The van der Waals surface area contributed by atoms with E-state index >= 15 is 0 Å². The zero-order valence-electron chi connectivity index (χ0n) is 9.17. The van der Waals surface area contributed by atoms with E-state index in [9.17, 15) is 18.0 Å². The average Bonchev–Trinajstić information content (AvgIpc) is 2.27. The van der Waals surface area contributed by atoms with E-state index in [2.05, 4.69) is 4.74 Å². The van der Waals surface area contributed by atoms with E-state index in [0.717, 1.165) is 12.1 Å². The summed E-state index contributed by atoms with van der Waals surface area (Å²) in [5, 5.41) is 0. The van der Waals surface area contributed by atoms with Gasteiger partial charge in [-0.2, -0.15) is 13.2 Å². The molecule has 0 spiro atoms. The van der Waals surface area contributed by atoms with E-state index in [1.165, 1.54) is 6.07 Å². The van der Waals surface area contributed by atoms with Gasteiger partial charge in [0.25, 0.3) is 0 Å². The summed E-state index contributed by atoms with van der Waals surface area (Å²) in [6, 6.07) is 2.98. The molecule has 0 aliphatic carbocycles. The second kappa shape index (κ2) is 5.18. The van der Waals surface area contributed by atoms with Gasteiger partial charge in [-0.05, 0) is 30.7 Å². The van der Waals surface area contributed by atoms with Crippen LogP contribution in [0.25, 0.3) is 0 Å². The average molecular weight is 247 g/mol. The highest BCUT2D eigenvalue weighted by atomic mass is 19.4. The number of rotatable bonds is 3. The molecule has 0 aromatic heterocycles. The second-order valence-electron chi connectivity index (χ2n) is 3.34. The van der Waals surface area contributed by atoms with Gasteiger partial charge < -0.3 is 10.5 Å².